The second-order valence-electron chi connectivity index (χ2n) is 6.67. The first-order valence-corrected chi connectivity index (χ1v) is 10.5. The number of carbonyl (C=O) groups is 2. The summed E-state index contributed by atoms with van der Waals surface area (Å²) in [6.45, 7) is 0.754. The average molecular weight is 490 g/mol. The summed E-state index contributed by atoms with van der Waals surface area (Å²) in [6, 6.07) is 6.57. The van der Waals surface area contributed by atoms with Gasteiger partial charge in [0.15, 0.2) is 11.4 Å². The number of para-hydroxylation sites is 1. The number of carbonyl (C=O) groups excluding carboxylic acids is 2. The molecule has 34 heavy (non-hydrogen) atoms. The number of nitrogens with zero attached hydrogens (tertiary/aromatic N) is 3. The highest BCUT2D eigenvalue weighted by atomic mass is 32.1. The van der Waals surface area contributed by atoms with Gasteiger partial charge in [0.25, 0.3) is 11.8 Å². The molecule has 2 amide bonds. The lowest BCUT2D eigenvalue weighted by Crippen LogP contribution is -2.48. The predicted molar refractivity (Wildman–Crippen MR) is 120 cm³/mol. The van der Waals surface area contributed by atoms with E-state index in [0.29, 0.717) is 40.0 Å². The lowest BCUT2D eigenvalue weighted by atomic mass is 10.1. The van der Waals surface area contributed by atoms with Crippen LogP contribution in [-0.4, -0.2) is 75.8 Å². The van der Waals surface area contributed by atoms with Crippen molar-refractivity contribution in [3.05, 3.63) is 47.2 Å². The maximum absolute atomic E-state index is 12.3. The first-order valence-electron chi connectivity index (χ1n) is 9.72. The van der Waals surface area contributed by atoms with Gasteiger partial charge in [-0.2, -0.15) is 5.10 Å². The zero-order chi connectivity index (χ0) is 24.7. The van der Waals surface area contributed by atoms with Crippen molar-refractivity contribution in [2.24, 2.45) is 0 Å². The number of amides is 2. The van der Waals surface area contributed by atoms with Gasteiger partial charge in [-0.05, 0) is 18.2 Å². The van der Waals surface area contributed by atoms with Crippen molar-refractivity contribution in [1.82, 2.24) is 25.8 Å². The van der Waals surface area contributed by atoms with Crippen molar-refractivity contribution in [2.75, 3.05) is 32.7 Å². The van der Waals surface area contributed by atoms with Gasteiger partial charge in [-0.3, -0.25) is 14.9 Å². The number of rotatable bonds is 10. The quantitative estimate of drug-likeness (QED) is 0.166. The molecule has 0 saturated heterocycles. The molecule has 0 unspecified atom stereocenters. The van der Waals surface area contributed by atoms with E-state index in [1.165, 1.54) is 36.9 Å². The van der Waals surface area contributed by atoms with Gasteiger partial charge in [0, 0.05) is 13.7 Å². The van der Waals surface area contributed by atoms with Crippen molar-refractivity contribution in [1.29, 1.82) is 0 Å². The van der Waals surface area contributed by atoms with Crippen LogP contribution in [0.4, 0.5) is 11.4 Å². The van der Waals surface area contributed by atoms with Crippen molar-refractivity contribution < 1.29 is 34.4 Å². The Bertz CT molecular complexity index is 1160. The van der Waals surface area contributed by atoms with E-state index >= 15 is 0 Å². The molecule has 0 atom stereocenters. The fraction of sp³-hybridized carbons (Fsp3) is 0.250. The maximum Gasteiger partial charge on any atom is 0.369 e. The number of aromatic nitrogens is 3. The molecule has 0 radical (unpaired) electrons. The summed E-state index contributed by atoms with van der Waals surface area (Å²) in [5.74, 6) is -1.00. The van der Waals surface area contributed by atoms with Crippen molar-refractivity contribution in [2.45, 2.75) is 6.10 Å². The highest BCUT2D eigenvalue weighted by Crippen LogP contribution is 2.39. The molecule has 0 spiro atoms. The van der Waals surface area contributed by atoms with E-state index in [4.69, 9.17) is 24.8 Å². The SMILES string of the molecule is COCCNC(=O)c1cnc(-c2cccc(Nc3ccnnc3C(=O)NC(O)(O)O)c2OC)s1. The molecular weight excluding hydrogens is 468 g/mol. The summed E-state index contributed by atoms with van der Waals surface area (Å²) in [6.07, 6.45) is -0.654. The Hall–Kier alpha value is -3.69. The van der Waals surface area contributed by atoms with E-state index < -0.39 is 12.0 Å². The van der Waals surface area contributed by atoms with Crippen LogP contribution >= 0.6 is 11.3 Å². The van der Waals surface area contributed by atoms with Crippen LogP contribution in [0.3, 0.4) is 0 Å². The number of anilines is 2. The van der Waals surface area contributed by atoms with Crippen LogP contribution in [-0.2, 0) is 4.74 Å². The molecule has 0 fully saturated rings. The summed E-state index contributed by atoms with van der Waals surface area (Å²) in [7, 11) is 2.99. The van der Waals surface area contributed by atoms with E-state index in [9.17, 15) is 9.59 Å². The number of benzene rings is 1. The van der Waals surface area contributed by atoms with Crippen LogP contribution in [0.5, 0.6) is 5.75 Å². The number of thiazole rings is 1. The zero-order valence-corrected chi connectivity index (χ0v) is 18.9. The molecule has 1 aromatic carbocycles. The van der Waals surface area contributed by atoms with Gasteiger partial charge < -0.3 is 35.4 Å². The standard InChI is InChI=1S/C20H22N6O7S/c1-32-9-8-21-17(27)14-10-22-19(34-14)11-4-3-5-13(16(11)33-2)24-12-6-7-23-26-15(12)18(28)25-20(29,30)31/h3-7,10,29-31H,8-9H2,1-2H3,(H,21,27)(H,23,24)(H,25,28). The molecule has 0 aliphatic heterocycles. The highest BCUT2D eigenvalue weighted by Gasteiger charge is 2.26. The monoisotopic (exact) mass is 490 g/mol. The van der Waals surface area contributed by atoms with E-state index in [1.807, 2.05) is 0 Å². The Balaban J connectivity index is 1.89. The third-order valence-corrected chi connectivity index (χ3v) is 5.29. The molecule has 0 aliphatic carbocycles. The summed E-state index contributed by atoms with van der Waals surface area (Å²) in [5.41, 5.74) is 0.832. The molecule has 3 aromatic rings. The van der Waals surface area contributed by atoms with Crippen LogP contribution < -0.4 is 20.7 Å². The lowest BCUT2D eigenvalue weighted by molar-refractivity contribution is -0.323. The smallest absolute Gasteiger partial charge is 0.369 e. The van der Waals surface area contributed by atoms with Gasteiger partial charge in [-0.15, -0.1) is 16.4 Å². The minimum atomic E-state index is -3.43. The number of ether oxygens (including phenoxy) is 2. The van der Waals surface area contributed by atoms with Gasteiger partial charge in [-0.1, -0.05) is 6.07 Å². The summed E-state index contributed by atoms with van der Waals surface area (Å²) in [4.78, 5) is 29.3. The van der Waals surface area contributed by atoms with Gasteiger partial charge in [0.2, 0.25) is 0 Å². The van der Waals surface area contributed by atoms with E-state index in [-0.39, 0.29) is 17.3 Å². The second-order valence-corrected chi connectivity index (χ2v) is 7.70. The number of hydrogen-bond donors (Lipinski definition) is 6. The van der Waals surface area contributed by atoms with E-state index in [2.05, 4.69) is 25.8 Å². The molecule has 6 N–H and O–H groups in total. The van der Waals surface area contributed by atoms with Crippen LogP contribution in [0.1, 0.15) is 20.2 Å². The van der Waals surface area contributed by atoms with Crippen molar-refractivity contribution >= 4 is 34.5 Å². The molecule has 0 aliphatic rings. The highest BCUT2D eigenvalue weighted by molar-refractivity contribution is 7.17. The van der Waals surface area contributed by atoms with Crippen LogP contribution in [0.2, 0.25) is 0 Å². The van der Waals surface area contributed by atoms with Crippen LogP contribution in [0.15, 0.2) is 36.7 Å². The lowest BCUT2D eigenvalue weighted by Gasteiger charge is -2.17. The maximum atomic E-state index is 12.3. The number of nitrogens with one attached hydrogen (secondary N) is 3. The van der Waals surface area contributed by atoms with Gasteiger partial charge >= 0.3 is 6.10 Å². The fourth-order valence-corrected chi connectivity index (χ4v) is 3.69. The minimum absolute atomic E-state index is 0.143. The summed E-state index contributed by atoms with van der Waals surface area (Å²) in [5, 5.41) is 42.2. The van der Waals surface area contributed by atoms with Crippen LogP contribution in [0, 0.1) is 0 Å². The molecular formula is C20H22N6O7S. The molecule has 2 aromatic heterocycles. The zero-order valence-electron chi connectivity index (χ0n) is 18.1. The Morgan fingerprint density at radius 2 is 1.91 bits per heavy atom. The minimum Gasteiger partial charge on any atom is -0.494 e. The van der Waals surface area contributed by atoms with Gasteiger partial charge in [-0.25, -0.2) is 4.98 Å². The summed E-state index contributed by atoms with van der Waals surface area (Å²) < 4.78 is 10.5. The molecule has 0 saturated carbocycles. The normalized spacial score (nSPS) is 11.1. The van der Waals surface area contributed by atoms with E-state index in [0.717, 1.165) is 0 Å². The summed E-state index contributed by atoms with van der Waals surface area (Å²) >= 11 is 1.17. The molecule has 14 heteroatoms. The first-order chi connectivity index (χ1) is 16.2. The predicted octanol–water partition coefficient (Wildman–Crippen LogP) is 0.0465. The second kappa shape index (κ2) is 11.0. The Labute approximate surface area is 197 Å². The first kappa shape index (κ1) is 24.9. The van der Waals surface area contributed by atoms with Gasteiger partial charge in [0.05, 0.1) is 43.0 Å². The third kappa shape index (κ3) is 6.21. The fourth-order valence-electron chi connectivity index (χ4n) is 2.84. The van der Waals surface area contributed by atoms with Crippen molar-refractivity contribution in [3.63, 3.8) is 0 Å². The topological polar surface area (TPSA) is 188 Å². The Kier molecular flexibility index (Phi) is 8.04. The average Bonchev–Trinajstić information content (AvgIpc) is 3.28. The third-order valence-electron chi connectivity index (χ3n) is 4.26. The molecule has 2 heterocycles. The van der Waals surface area contributed by atoms with Crippen LogP contribution in [0.25, 0.3) is 10.6 Å². The molecule has 3 rings (SSSR count). The van der Waals surface area contributed by atoms with Crippen molar-refractivity contribution in [3.8, 4) is 16.3 Å². The molecule has 13 nitrogen and oxygen atoms in total. The molecule has 0 bridgehead atoms. The number of aliphatic hydroxyl groups is 3. The van der Waals surface area contributed by atoms with E-state index in [1.54, 1.807) is 30.6 Å². The molecule has 180 valence electrons. The Morgan fingerprint density at radius 1 is 1.12 bits per heavy atom. The number of methoxy groups -OCH3 is 2. The van der Waals surface area contributed by atoms with Gasteiger partial charge in [0.1, 0.15) is 9.88 Å². The largest absolute Gasteiger partial charge is 0.494 e. The Morgan fingerprint density at radius 3 is 2.62 bits per heavy atom. The number of hydrogen-bond acceptors (Lipinski definition) is 12.